The number of carbonyl (C=O) groups excluding carboxylic acids is 1. The van der Waals surface area contributed by atoms with Gasteiger partial charge in [-0.05, 0) is 32.4 Å². The van der Waals surface area contributed by atoms with Gasteiger partial charge >= 0.3 is 0 Å². The zero-order valence-electron chi connectivity index (χ0n) is 18.4. The first kappa shape index (κ1) is 22.6. The molecule has 0 unspecified atom stereocenters. The van der Waals surface area contributed by atoms with Crippen LogP contribution in [0.1, 0.15) is 18.9 Å². The highest BCUT2D eigenvalue weighted by atomic mass is 32.2. The van der Waals surface area contributed by atoms with Gasteiger partial charge in [0.05, 0.1) is 28.6 Å². The molecule has 168 valence electrons. The number of hydrogen-bond donors (Lipinski definition) is 0. The smallest absolute Gasteiger partial charge is 0.235 e. The Morgan fingerprint density at radius 1 is 1.16 bits per heavy atom. The zero-order chi connectivity index (χ0) is 22.9. The second-order valence-corrected chi connectivity index (χ2v) is 11.8. The maximum absolute atomic E-state index is 13.1. The van der Waals surface area contributed by atoms with Gasteiger partial charge < -0.3 is 4.90 Å². The van der Waals surface area contributed by atoms with E-state index in [4.69, 9.17) is 0 Å². The molecule has 0 radical (unpaired) electrons. The minimum absolute atomic E-state index is 0.0445. The number of nitrogens with zero attached hydrogens (tertiary/aromatic N) is 3. The van der Waals surface area contributed by atoms with Crippen molar-refractivity contribution in [2.45, 2.75) is 36.7 Å². The van der Waals surface area contributed by atoms with Gasteiger partial charge in [0.15, 0.2) is 15.0 Å². The van der Waals surface area contributed by atoms with Crippen LogP contribution in [0.15, 0.2) is 66.0 Å². The highest BCUT2D eigenvalue weighted by molar-refractivity contribution is 8.00. The molecule has 3 aromatic rings. The van der Waals surface area contributed by atoms with E-state index in [0.29, 0.717) is 6.42 Å². The van der Waals surface area contributed by atoms with Crippen LogP contribution >= 0.6 is 11.8 Å². The van der Waals surface area contributed by atoms with Crippen LogP contribution < -0.4 is 0 Å². The Kier molecular flexibility index (Phi) is 6.44. The molecule has 2 atom stereocenters. The first-order chi connectivity index (χ1) is 15.2. The molecular weight excluding hydrogens is 442 g/mol. The van der Waals surface area contributed by atoms with Crippen molar-refractivity contribution in [3.05, 3.63) is 66.4 Å². The molecule has 0 bridgehead atoms. The van der Waals surface area contributed by atoms with Crippen LogP contribution in [0.3, 0.4) is 0 Å². The van der Waals surface area contributed by atoms with Crippen LogP contribution in [0.2, 0.25) is 0 Å². The quantitative estimate of drug-likeness (QED) is 0.511. The molecule has 6 nitrogen and oxygen atoms in total. The van der Waals surface area contributed by atoms with Gasteiger partial charge in [-0.3, -0.25) is 9.36 Å². The number of aromatic nitrogens is 2. The number of amides is 1. The Morgan fingerprint density at radius 2 is 1.84 bits per heavy atom. The number of rotatable bonds is 6. The van der Waals surface area contributed by atoms with E-state index in [1.165, 1.54) is 17.3 Å². The molecule has 1 aliphatic heterocycles. The van der Waals surface area contributed by atoms with Gasteiger partial charge in [0.1, 0.15) is 0 Å². The molecule has 2 aromatic carbocycles. The lowest BCUT2D eigenvalue weighted by atomic mass is 10.1. The van der Waals surface area contributed by atoms with Gasteiger partial charge in [0, 0.05) is 24.3 Å². The van der Waals surface area contributed by atoms with Crippen molar-refractivity contribution in [2.75, 3.05) is 18.6 Å². The molecule has 1 saturated heterocycles. The predicted octanol–water partition coefficient (Wildman–Crippen LogP) is 3.97. The third-order valence-corrected chi connectivity index (χ3v) is 8.63. The van der Waals surface area contributed by atoms with E-state index >= 15 is 0 Å². The first-order valence-corrected chi connectivity index (χ1v) is 13.3. The van der Waals surface area contributed by atoms with Crippen molar-refractivity contribution in [1.29, 1.82) is 0 Å². The van der Waals surface area contributed by atoms with Gasteiger partial charge in [-0.25, -0.2) is 13.4 Å². The molecule has 8 heteroatoms. The minimum Gasteiger partial charge on any atom is -0.341 e. The van der Waals surface area contributed by atoms with E-state index in [1.54, 1.807) is 11.9 Å². The second-order valence-electron chi connectivity index (χ2n) is 8.23. The van der Waals surface area contributed by atoms with E-state index < -0.39 is 15.1 Å². The summed E-state index contributed by atoms with van der Waals surface area (Å²) in [7, 11) is -1.35. The normalized spacial score (nSPS) is 18.4. The van der Waals surface area contributed by atoms with Crippen molar-refractivity contribution < 1.29 is 13.2 Å². The zero-order valence-corrected chi connectivity index (χ0v) is 20.1. The van der Waals surface area contributed by atoms with Crippen molar-refractivity contribution in [1.82, 2.24) is 14.5 Å². The molecule has 1 fully saturated rings. The summed E-state index contributed by atoms with van der Waals surface area (Å²) in [4.78, 5) is 19.3. The molecular formula is C24H27N3O3S2. The van der Waals surface area contributed by atoms with Gasteiger partial charge in [-0.1, -0.05) is 59.8 Å². The van der Waals surface area contributed by atoms with E-state index in [-0.39, 0.29) is 23.5 Å². The standard InChI is InChI=1S/C24H27N3O3S2/c1-17-9-11-19(12-10-17)22-15-25-24(27(22)20-7-5-4-6-8-20)31-18(2)23(28)26(3)21-13-14-32(29,30)16-21/h4-12,15,18,21H,13-14,16H2,1-3H3/t18-,21+/m1/s1. The number of thioether (sulfide) groups is 1. The fraction of sp³-hybridized carbons (Fsp3) is 0.333. The van der Waals surface area contributed by atoms with E-state index in [1.807, 2.05) is 43.5 Å². The summed E-state index contributed by atoms with van der Waals surface area (Å²) in [5, 5.41) is 0.319. The topological polar surface area (TPSA) is 72.3 Å². The monoisotopic (exact) mass is 469 g/mol. The number of aryl methyl sites for hydroxylation is 1. The molecule has 2 heterocycles. The van der Waals surface area contributed by atoms with Gasteiger partial charge in [-0.15, -0.1) is 0 Å². The second kappa shape index (κ2) is 9.11. The predicted molar refractivity (Wildman–Crippen MR) is 129 cm³/mol. The number of benzene rings is 2. The van der Waals surface area contributed by atoms with Crippen molar-refractivity contribution in [2.24, 2.45) is 0 Å². The molecule has 1 aromatic heterocycles. The Bertz CT molecular complexity index is 1210. The molecule has 1 amide bonds. The number of imidazole rings is 1. The fourth-order valence-corrected chi connectivity index (χ4v) is 6.71. The summed E-state index contributed by atoms with van der Waals surface area (Å²) in [6, 6.07) is 18.0. The molecule has 0 N–H and O–H groups in total. The largest absolute Gasteiger partial charge is 0.341 e. The van der Waals surface area contributed by atoms with Crippen LogP contribution in [0.4, 0.5) is 0 Å². The Balaban J connectivity index is 1.62. The van der Waals surface area contributed by atoms with E-state index in [2.05, 4.69) is 40.7 Å². The third kappa shape index (κ3) is 4.76. The molecule has 0 aliphatic carbocycles. The number of para-hydroxylation sites is 1. The average Bonchev–Trinajstić information content (AvgIpc) is 3.36. The average molecular weight is 470 g/mol. The third-order valence-electron chi connectivity index (χ3n) is 5.82. The molecule has 1 aliphatic rings. The molecule has 0 saturated carbocycles. The van der Waals surface area contributed by atoms with E-state index in [0.717, 1.165) is 22.1 Å². The van der Waals surface area contributed by atoms with Crippen molar-refractivity contribution in [3.8, 4) is 16.9 Å². The minimum atomic E-state index is -3.05. The SMILES string of the molecule is Cc1ccc(-c2cnc(S[C@H](C)C(=O)N(C)[C@H]3CCS(=O)(=O)C3)n2-c2ccccc2)cc1. The summed E-state index contributed by atoms with van der Waals surface area (Å²) in [5.74, 6) is 0.106. The first-order valence-electron chi connectivity index (χ1n) is 10.6. The van der Waals surface area contributed by atoms with E-state index in [9.17, 15) is 13.2 Å². The Hall–Kier alpha value is -2.58. The number of carbonyl (C=O) groups is 1. The fourth-order valence-electron chi connectivity index (χ4n) is 3.93. The van der Waals surface area contributed by atoms with Crippen LogP contribution in [0, 0.1) is 6.92 Å². The molecule has 32 heavy (non-hydrogen) atoms. The summed E-state index contributed by atoms with van der Waals surface area (Å²) < 4.78 is 25.7. The van der Waals surface area contributed by atoms with Crippen LogP contribution in [-0.4, -0.2) is 58.6 Å². The number of hydrogen-bond acceptors (Lipinski definition) is 5. The van der Waals surface area contributed by atoms with Gasteiger partial charge in [-0.2, -0.15) is 0 Å². The lowest BCUT2D eigenvalue weighted by Crippen LogP contribution is -2.41. The summed E-state index contributed by atoms with van der Waals surface area (Å²) in [5.41, 5.74) is 4.16. The number of sulfone groups is 1. The van der Waals surface area contributed by atoms with Crippen LogP contribution in [0.25, 0.3) is 16.9 Å². The van der Waals surface area contributed by atoms with Crippen molar-refractivity contribution >= 4 is 27.5 Å². The van der Waals surface area contributed by atoms with Gasteiger partial charge in [0.25, 0.3) is 0 Å². The Morgan fingerprint density at radius 3 is 2.47 bits per heavy atom. The molecule has 0 spiro atoms. The van der Waals surface area contributed by atoms with Crippen LogP contribution in [0.5, 0.6) is 0 Å². The van der Waals surface area contributed by atoms with Gasteiger partial charge in [0.2, 0.25) is 5.91 Å². The summed E-state index contributed by atoms with van der Waals surface area (Å²) in [6.07, 6.45) is 2.34. The summed E-state index contributed by atoms with van der Waals surface area (Å²) in [6.45, 7) is 3.90. The maximum atomic E-state index is 13.1. The lowest BCUT2D eigenvalue weighted by Gasteiger charge is -2.26. The Labute approximate surface area is 193 Å². The van der Waals surface area contributed by atoms with Crippen molar-refractivity contribution in [3.63, 3.8) is 0 Å². The highest BCUT2D eigenvalue weighted by Gasteiger charge is 2.34. The van der Waals surface area contributed by atoms with Crippen LogP contribution in [-0.2, 0) is 14.6 Å². The maximum Gasteiger partial charge on any atom is 0.235 e. The lowest BCUT2D eigenvalue weighted by molar-refractivity contribution is -0.130. The summed E-state index contributed by atoms with van der Waals surface area (Å²) >= 11 is 1.39. The molecule has 4 rings (SSSR count). The highest BCUT2D eigenvalue weighted by Crippen LogP contribution is 2.32.